The smallest absolute Gasteiger partial charge is 0.265 e. The summed E-state index contributed by atoms with van der Waals surface area (Å²) in [6, 6.07) is 9.43. The van der Waals surface area contributed by atoms with Crippen molar-refractivity contribution in [2.45, 2.75) is 13.8 Å². The standard InChI is InChI=1S/C16H15NO2S/c1-11-5-7-14(12(2)10-11)17-16(19)15-8-6-13(20-15)4-3-9-18/h5-8,10,18H,9H2,1-2H3,(H,17,19). The van der Waals surface area contributed by atoms with E-state index in [-0.39, 0.29) is 12.5 Å². The number of aliphatic hydroxyl groups excluding tert-OH is 1. The molecule has 0 radical (unpaired) electrons. The molecule has 0 aliphatic heterocycles. The molecular formula is C16H15NO2S. The average molecular weight is 285 g/mol. The molecule has 1 amide bonds. The minimum atomic E-state index is -0.179. The van der Waals surface area contributed by atoms with Crippen LogP contribution in [0.1, 0.15) is 25.7 Å². The van der Waals surface area contributed by atoms with Gasteiger partial charge in [-0.1, -0.05) is 29.5 Å². The van der Waals surface area contributed by atoms with Crippen molar-refractivity contribution in [3.05, 3.63) is 51.2 Å². The fourth-order valence-electron chi connectivity index (χ4n) is 1.79. The van der Waals surface area contributed by atoms with E-state index < -0.39 is 0 Å². The molecule has 0 aliphatic rings. The van der Waals surface area contributed by atoms with Crippen LogP contribution in [-0.2, 0) is 0 Å². The van der Waals surface area contributed by atoms with Gasteiger partial charge < -0.3 is 10.4 Å². The molecule has 0 saturated carbocycles. The Hall–Kier alpha value is -2.09. The first kappa shape index (κ1) is 14.3. The highest BCUT2D eigenvalue weighted by molar-refractivity contribution is 7.14. The fraction of sp³-hybridized carbons (Fsp3) is 0.188. The van der Waals surface area contributed by atoms with E-state index in [1.807, 2.05) is 32.0 Å². The lowest BCUT2D eigenvalue weighted by Crippen LogP contribution is -2.11. The highest BCUT2D eigenvalue weighted by Crippen LogP contribution is 2.20. The maximum atomic E-state index is 12.1. The van der Waals surface area contributed by atoms with Crippen molar-refractivity contribution in [2.24, 2.45) is 0 Å². The SMILES string of the molecule is Cc1ccc(NC(=O)c2ccc(C#CCO)s2)c(C)c1. The summed E-state index contributed by atoms with van der Waals surface area (Å²) in [4.78, 5) is 13.5. The van der Waals surface area contributed by atoms with Crippen LogP contribution in [0.25, 0.3) is 0 Å². The average Bonchev–Trinajstić information content (AvgIpc) is 2.88. The summed E-state index contributed by atoms with van der Waals surface area (Å²) in [7, 11) is 0. The van der Waals surface area contributed by atoms with Gasteiger partial charge in [-0.2, -0.15) is 0 Å². The Bertz CT molecular complexity index is 692. The van der Waals surface area contributed by atoms with Crippen LogP contribution in [0.4, 0.5) is 5.69 Å². The lowest BCUT2D eigenvalue weighted by Gasteiger charge is -2.07. The Balaban J connectivity index is 2.13. The number of nitrogens with one attached hydrogen (secondary N) is 1. The number of aryl methyl sites for hydroxylation is 2. The van der Waals surface area contributed by atoms with E-state index in [0.29, 0.717) is 4.88 Å². The Morgan fingerprint density at radius 3 is 2.80 bits per heavy atom. The van der Waals surface area contributed by atoms with Gasteiger partial charge in [0.15, 0.2) is 0 Å². The summed E-state index contributed by atoms with van der Waals surface area (Å²) in [5.74, 6) is 5.22. The number of rotatable bonds is 2. The van der Waals surface area contributed by atoms with Gasteiger partial charge in [0.05, 0.1) is 9.75 Å². The van der Waals surface area contributed by atoms with Crippen molar-refractivity contribution in [1.82, 2.24) is 0 Å². The van der Waals surface area contributed by atoms with Crippen LogP contribution in [0.15, 0.2) is 30.3 Å². The largest absolute Gasteiger partial charge is 0.384 e. The molecule has 0 unspecified atom stereocenters. The Morgan fingerprint density at radius 2 is 2.10 bits per heavy atom. The third-order valence-corrected chi connectivity index (χ3v) is 3.75. The van der Waals surface area contributed by atoms with Gasteiger partial charge >= 0.3 is 0 Å². The highest BCUT2D eigenvalue weighted by Gasteiger charge is 2.10. The van der Waals surface area contributed by atoms with Crippen molar-refractivity contribution in [3.63, 3.8) is 0 Å². The molecule has 0 bridgehead atoms. The second kappa shape index (κ2) is 6.38. The molecule has 0 atom stereocenters. The maximum Gasteiger partial charge on any atom is 0.265 e. The number of benzene rings is 1. The lowest BCUT2D eigenvalue weighted by molar-refractivity contribution is 0.103. The number of hydrogen-bond acceptors (Lipinski definition) is 3. The maximum absolute atomic E-state index is 12.1. The van der Waals surface area contributed by atoms with Gasteiger partial charge in [0.2, 0.25) is 0 Å². The lowest BCUT2D eigenvalue weighted by atomic mass is 10.1. The minimum absolute atomic E-state index is 0.140. The van der Waals surface area contributed by atoms with Gasteiger partial charge in [-0.25, -0.2) is 0 Å². The highest BCUT2D eigenvalue weighted by atomic mass is 32.1. The van der Waals surface area contributed by atoms with E-state index in [1.165, 1.54) is 11.3 Å². The number of carbonyl (C=O) groups excluding carboxylic acids is 1. The van der Waals surface area contributed by atoms with Gasteiger partial charge in [-0.05, 0) is 37.6 Å². The number of aliphatic hydroxyl groups is 1. The number of anilines is 1. The molecule has 1 aromatic heterocycles. The van der Waals surface area contributed by atoms with Crippen LogP contribution in [0, 0.1) is 25.7 Å². The molecule has 4 heteroatoms. The third kappa shape index (κ3) is 3.47. The zero-order chi connectivity index (χ0) is 14.5. The second-order valence-electron chi connectivity index (χ2n) is 4.40. The zero-order valence-electron chi connectivity index (χ0n) is 11.4. The monoisotopic (exact) mass is 285 g/mol. The molecule has 0 fully saturated rings. The second-order valence-corrected chi connectivity index (χ2v) is 5.48. The molecule has 1 heterocycles. The van der Waals surface area contributed by atoms with Crippen LogP contribution >= 0.6 is 11.3 Å². The van der Waals surface area contributed by atoms with E-state index in [9.17, 15) is 4.79 Å². The quantitative estimate of drug-likeness (QED) is 0.833. The molecular weight excluding hydrogens is 270 g/mol. The van der Waals surface area contributed by atoms with E-state index in [4.69, 9.17) is 5.11 Å². The summed E-state index contributed by atoms with van der Waals surface area (Å²) < 4.78 is 0. The Labute approximate surface area is 122 Å². The summed E-state index contributed by atoms with van der Waals surface area (Å²) in [5, 5.41) is 11.5. The first-order valence-electron chi connectivity index (χ1n) is 6.18. The minimum Gasteiger partial charge on any atom is -0.384 e. The summed E-state index contributed by atoms with van der Waals surface area (Å²) in [6.07, 6.45) is 0. The van der Waals surface area contributed by atoms with Crippen LogP contribution in [0.2, 0.25) is 0 Å². The van der Waals surface area contributed by atoms with Crippen LogP contribution in [0.5, 0.6) is 0 Å². The Morgan fingerprint density at radius 1 is 1.30 bits per heavy atom. The molecule has 2 N–H and O–H groups in total. The molecule has 20 heavy (non-hydrogen) atoms. The van der Waals surface area contributed by atoms with Gasteiger partial charge in [0, 0.05) is 5.69 Å². The zero-order valence-corrected chi connectivity index (χ0v) is 12.2. The normalized spacial score (nSPS) is 9.75. The molecule has 2 aromatic rings. The molecule has 0 aliphatic carbocycles. The summed E-state index contributed by atoms with van der Waals surface area (Å²) in [6.45, 7) is 3.81. The van der Waals surface area contributed by atoms with E-state index in [1.54, 1.807) is 12.1 Å². The van der Waals surface area contributed by atoms with Crippen LogP contribution < -0.4 is 5.32 Å². The van der Waals surface area contributed by atoms with Crippen molar-refractivity contribution >= 4 is 22.9 Å². The number of thiophene rings is 1. The van der Waals surface area contributed by atoms with E-state index in [2.05, 4.69) is 17.2 Å². The van der Waals surface area contributed by atoms with Crippen molar-refractivity contribution in [2.75, 3.05) is 11.9 Å². The predicted molar refractivity (Wildman–Crippen MR) is 82.2 cm³/mol. The van der Waals surface area contributed by atoms with Gasteiger partial charge in [-0.15, -0.1) is 11.3 Å². The fourth-order valence-corrected chi connectivity index (χ4v) is 2.57. The molecule has 0 saturated heterocycles. The van der Waals surface area contributed by atoms with Gasteiger partial charge in [0.1, 0.15) is 6.61 Å². The molecule has 102 valence electrons. The number of hydrogen-bond donors (Lipinski definition) is 2. The topological polar surface area (TPSA) is 49.3 Å². The van der Waals surface area contributed by atoms with Crippen molar-refractivity contribution < 1.29 is 9.90 Å². The summed E-state index contributed by atoms with van der Waals surface area (Å²) >= 11 is 1.31. The molecule has 3 nitrogen and oxygen atoms in total. The third-order valence-electron chi connectivity index (χ3n) is 2.75. The van der Waals surface area contributed by atoms with E-state index >= 15 is 0 Å². The summed E-state index contributed by atoms with van der Waals surface area (Å²) in [5.41, 5.74) is 3.02. The van der Waals surface area contributed by atoms with Crippen LogP contribution in [-0.4, -0.2) is 17.6 Å². The van der Waals surface area contributed by atoms with Crippen molar-refractivity contribution in [1.29, 1.82) is 0 Å². The number of carbonyl (C=O) groups is 1. The first-order chi connectivity index (χ1) is 9.60. The number of amides is 1. The Kier molecular flexibility index (Phi) is 4.57. The van der Waals surface area contributed by atoms with E-state index in [0.717, 1.165) is 21.7 Å². The van der Waals surface area contributed by atoms with Gasteiger partial charge in [0.25, 0.3) is 5.91 Å². The van der Waals surface area contributed by atoms with Crippen LogP contribution in [0.3, 0.4) is 0 Å². The van der Waals surface area contributed by atoms with Gasteiger partial charge in [-0.3, -0.25) is 4.79 Å². The first-order valence-corrected chi connectivity index (χ1v) is 7.00. The van der Waals surface area contributed by atoms with Crippen molar-refractivity contribution in [3.8, 4) is 11.8 Å². The molecule has 0 spiro atoms. The molecule has 2 rings (SSSR count). The molecule has 1 aromatic carbocycles. The predicted octanol–water partition coefficient (Wildman–Crippen LogP) is 2.96.